The minimum atomic E-state index is -0.397. The Morgan fingerprint density at radius 1 is 1.24 bits per heavy atom. The Kier molecular flexibility index (Phi) is 4.60. The highest BCUT2D eigenvalue weighted by molar-refractivity contribution is 6.04. The van der Waals surface area contributed by atoms with Gasteiger partial charge in [0.2, 0.25) is 0 Å². The Morgan fingerprint density at radius 2 is 1.95 bits per heavy atom. The molecule has 3 amide bonds. The summed E-state index contributed by atoms with van der Waals surface area (Å²) >= 11 is 0. The maximum absolute atomic E-state index is 12.3. The molecule has 0 saturated carbocycles. The lowest BCUT2D eigenvalue weighted by Gasteiger charge is -2.14. The van der Waals surface area contributed by atoms with Crippen LogP contribution < -0.4 is 5.32 Å². The van der Waals surface area contributed by atoms with Crippen molar-refractivity contribution in [1.29, 1.82) is 0 Å². The minimum absolute atomic E-state index is 0.148. The number of aromatic nitrogens is 1. The first-order chi connectivity index (χ1) is 9.88. The number of hydrogen-bond donors (Lipinski definition) is 1. The number of amides is 3. The van der Waals surface area contributed by atoms with E-state index in [1.807, 2.05) is 32.0 Å². The second-order valence-corrected chi connectivity index (χ2v) is 6.26. The third-order valence-electron chi connectivity index (χ3n) is 3.55. The molecule has 1 aliphatic rings. The van der Waals surface area contributed by atoms with Crippen LogP contribution in [0, 0.1) is 5.92 Å². The van der Waals surface area contributed by atoms with Gasteiger partial charge in [0.15, 0.2) is 0 Å². The van der Waals surface area contributed by atoms with Crippen LogP contribution in [0.1, 0.15) is 51.4 Å². The van der Waals surface area contributed by atoms with Gasteiger partial charge in [0.1, 0.15) is 6.04 Å². The first-order valence-corrected chi connectivity index (χ1v) is 7.46. The monoisotopic (exact) mass is 289 g/mol. The van der Waals surface area contributed by atoms with Crippen molar-refractivity contribution in [1.82, 2.24) is 15.2 Å². The van der Waals surface area contributed by atoms with Crippen LogP contribution in [0.2, 0.25) is 0 Å². The Hall–Kier alpha value is -1.91. The van der Waals surface area contributed by atoms with E-state index in [1.165, 1.54) is 4.90 Å². The smallest absolute Gasteiger partial charge is 0.325 e. The number of rotatable bonds is 5. The van der Waals surface area contributed by atoms with Crippen molar-refractivity contribution in [2.75, 3.05) is 0 Å². The van der Waals surface area contributed by atoms with Crippen molar-refractivity contribution in [2.45, 2.75) is 52.6 Å². The highest BCUT2D eigenvalue weighted by Gasteiger charge is 2.38. The molecular formula is C16H23N3O2. The molecule has 0 spiro atoms. The second kappa shape index (κ2) is 6.24. The molecule has 1 atom stereocenters. The molecule has 0 aliphatic carbocycles. The number of hydrogen-bond acceptors (Lipinski definition) is 3. The highest BCUT2D eigenvalue weighted by Crippen LogP contribution is 2.17. The summed E-state index contributed by atoms with van der Waals surface area (Å²) < 4.78 is 0. The van der Waals surface area contributed by atoms with Crippen molar-refractivity contribution in [3.05, 3.63) is 29.6 Å². The average Bonchev–Trinajstić information content (AvgIpc) is 2.66. The molecule has 1 saturated heterocycles. The van der Waals surface area contributed by atoms with Crippen LogP contribution in [0.5, 0.6) is 0 Å². The predicted molar refractivity (Wildman–Crippen MR) is 80.7 cm³/mol. The molecule has 1 aromatic rings. The number of nitrogens with zero attached hydrogens (tertiary/aromatic N) is 2. The number of nitrogens with one attached hydrogen (secondary N) is 1. The van der Waals surface area contributed by atoms with Gasteiger partial charge in [0.05, 0.1) is 12.2 Å². The molecule has 0 unspecified atom stereocenters. The number of carbonyl (C=O) groups excluding carboxylic acids is 2. The second-order valence-electron chi connectivity index (χ2n) is 6.26. The van der Waals surface area contributed by atoms with Gasteiger partial charge in [-0.2, -0.15) is 0 Å². The quantitative estimate of drug-likeness (QED) is 0.848. The van der Waals surface area contributed by atoms with Gasteiger partial charge in [0.25, 0.3) is 5.91 Å². The van der Waals surface area contributed by atoms with Gasteiger partial charge in [0, 0.05) is 5.69 Å². The summed E-state index contributed by atoms with van der Waals surface area (Å²) in [6.07, 6.45) is 0.667. The summed E-state index contributed by atoms with van der Waals surface area (Å²) in [6, 6.07) is 5.01. The molecule has 0 aromatic carbocycles. The maximum Gasteiger partial charge on any atom is 0.325 e. The number of carbonyl (C=O) groups is 2. The first kappa shape index (κ1) is 15.5. The highest BCUT2D eigenvalue weighted by atomic mass is 16.2. The third-order valence-corrected chi connectivity index (χ3v) is 3.55. The van der Waals surface area contributed by atoms with Gasteiger partial charge in [-0.1, -0.05) is 33.8 Å². The van der Waals surface area contributed by atoms with Gasteiger partial charge in [-0.05, 0) is 30.4 Å². The van der Waals surface area contributed by atoms with Crippen molar-refractivity contribution in [2.24, 2.45) is 5.92 Å². The standard InChI is InChI=1S/C16H23N3O2/c1-10(2)8-14-15(20)19(16(21)18-14)9-12-6-5-7-13(17-12)11(3)4/h5-7,10-11,14H,8-9H2,1-4H3,(H,18,21)/t14-/m0/s1. The van der Waals surface area contributed by atoms with E-state index >= 15 is 0 Å². The summed E-state index contributed by atoms with van der Waals surface area (Å²) in [4.78, 5) is 30.0. The van der Waals surface area contributed by atoms with E-state index in [9.17, 15) is 9.59 Å². The molecule has 21 heavy (non-hydrogen) atoms. The van der Waals surface area contributed by atoms with Gasteiger partial charge >= 0.3 is 6.03 Å². The molecule has 1 aromatic heterocycles. The van der Waals surface area contributed by atoms with Gasteiger partial charge < -0.3 is 5.32 Å². The summed E-state index contributed by atoms with van der Waals surface area (Å²) in [6.45, 7) is 8.45. The van der Waals surface area contributed by atoms with Crippen LogP contribution in [0.25, 0.3) is 0 Å². The minimum Gasteiger partial charge on any atom is -0.326 e. The molecule has 1 N–H and O–H groups in total. The van der Waals surface area contributed by atoms with Crippen LogP contribution in [-0.4, -0.2) is 27.9 Å². The molecule has 5 heteroatoms. The van der Waals surface area contributed by atoms with E-state index in [0.29, 0.717) is 18.3 Å². The predicted octanol–water partition coefficient (Wildman–Crippen LogP) is 2.67. The van der Waals surface area contributed by atoms with Crippen LogP contribution in [-0.2, 0) is 11.3 Å². The largest absolute Gasteiger partial charge is 0.326 e. The molecule has 1 aliphatic heterocycles. The van der Waals surface area contributed by atoms with E-state index < -0.39 is 6.04 Å². The van der Waals surface area contributed by atoms with E-state index in [2.05, 4.69) is 24.1 Å². The summed E-state index contributed by atoms with van der Waals surface area (Å²) in [5, 5.41) is 2.75. The zero-order valence-electron chi connectivity index (χ0n) is 13.1. The van der Waals surface area contributed by atoms with Crippen LogP contribution in [0.15, 0.2) is 18.2 Å². The molecular weight excluding hydrogens is 266 g/mol. The van der Waals surface area contributed by atoms with Gasteiger partial charge in [-0.25, -0.2) is 4.79 Å². The fourth-order valence-corrected chi connectivity index (χ4v) is 2.43. The lowest BCUT2D eigenvalue weighted by molar-refractivity contribution is -0.128. The van der Waals surface area contributed by atoms with Gasteiger partial charge in [-0.3, -0.25) is 14.7 Å². The fraction of sp³-hybridized carbons (Fsp3) is 0.562. The van der Waals surface area contributed by atoms with Crippen molar-refractivity contribution in [3.8, 4) is 0 Å². The maximum atomic E-state index is 12.3. The Morgan fingerprint density at radius 3 is 2.57 bits per heavy atom. The lowest BCUT2D eigenvalue weighted by Crippen LogP contribution is -2.32. The van der Waals surface area contributed by atoms with Crippen LogP contribution >= 0.6 is 0 Å². The Balaban J connectivity index is 2.10. The average molecular weight is 289 g/mol. The summed E-state index contributed by atoms with van der Waals surface area (Å²) in [7, 11) is 0. The molecule has 2 heterocycles. The van der Waals surface area contributed by atoms with Crippen LogP contribution in [0.3, 0.4) is 0 Å². The molecule has 114 valence electrons. The number of urea groups is 1. The van der Waals surface area contributed by atoms with E-state index in [1.54, 1.807) is 0 Å². The SMILES string of the molecule is CC(C)C[C@@H]1NC(=O)N(Cc2cccc(C(C)C)n2)C1=O. The van der Waals surface area contributed by atoms with E-state index in [0.717, 1.165) is 11.4 Å². The zero-order chi connectivity index (χ0) is 15.6. The Bertz CT molecular complexity index is 540. The fourth-order valence-electron chi connectivity index (χ4n) is 2.43. The first-order valence-electron chi connectivity index (χ1n) is 7.46. The van der Waals surface area contributed by atoms with E-state index in [4.69, 9.17) is 0 Å². The third kappa shape index (κ3) is 3.60. The Labute approximate surface area is 125 Å². The van der Waals surface area contributed by atoms with E-state index in [-0.39, 0.29) is 18.5 Å². The summed E-state index contributed by atoms with van der Waals surface area (Å²) in [5.41, 5.74) is 1.72. The topological polar surface area (TPSA) is 62.3 Å². The molecule has 0 radical (unpaired) electrons. The number of imide groups is 1. The van der Waals surface area contributed by atoms with Gasteiger partial charge in [-0.15, -0.1) is 0 Å². The summed E-state index contributed by atoms with van der Waals surface area (Å²) in [5.74, 6) is 0.536. The van der Waals surface area contributed by atoms with Crippen molar-refractivity contribution >= 4 is 11.9 Å². The normalized spacial score (nSPS) is 18.8. The van der Waals surface area contributed by atoms with Crippen molar-refractivity contribution in [3.63, 3.8) is 0 Å². The van der Waals surface area contributed by atoms with Crippen molar-refractivity contribution < 1.29 is 9.59 Å². The molecule has 1 fully saturated rings. The molecule has 2 rings (SSSR count). The number of pyridine rings is 1. The zero-order valence-corrected chi connectivity index (χ0v) is 13.1. The molecule has 5 nitrogen and oxygen atoms in total. The molecule has 0 bridgehead atoms. The lowest BCUT2D eigenvalue weighted by atomic mass is 10.0. The van der Waals surface area contributed by atoms with Crippen LogP contribution in [0.4, 0.5) is 4.79 Å².